The average molecular weight is 173 g/mol. The molecule has 0 spiro atoms. The predicted molar refractivity (Wildman–Crippen MR) is 47.9 cm³/mol. The topological polar surface area (TPSA) is 49.4 Å². The van der Waals surface area contributed by atoms with E-state index in [2.05, 4.69) is 27.6 Å². The largest absolute Gasteiger partial charge is 0.199 e. The van der Waals surface area contributed by atoms with Crippen LogP contribution in [0.2, 0.25) is 0 Å². The first-order chi connectivity index (χ1) is 6.29. The molecule has 13 heavy (non-hydrogen) atoms. The molecule has 2 rings (SSSR count). The monoisotopic (exact) mass is 173 g/mol. The molecule has 65 valence electrons. The summed E-state index contributed by atoms with van der Waals surface area (Å²) in [6, 6.07) is 9.94. The average Bonchev–Trinajstić information content (AvgIpc) is 2.54. The third-order valence-electron chi connectivity index (χ3n) is 1.83. The van der Waals surface area contributed by atoms with Gasteiger partial charge in [-0.25, -0.2) is 0 Å². The lowest BCUT2D eigenvalue weighted by atomic mass is 10.0. The summed E-state index contributed by atoms with van der Waals surface area (Å²) in [4.78, 5) is 0. The summed E-state index contributed by atoms with van der Waals surface area (Å²) >= 11 is 0. The van der Waals surface area contributed by atoms with Gasteiger partial charge in [0.25, 0.3) is 0 Å². The van der Waals surface area contributed by atoms with Crippen LogP contribution in [0.25, 0.3) is 0 Å². The SMILES string of the molecule is [CH2]C1(Cc2ccccc2)N=NN=N1. The maximum absolute atomic E-state index is 3.84. The quantitative estimate of drug-likeness (QED) is 0.660. The molecule has 0 unspecified atom stereocenters. The molecule has 1 heterocycles. The van der Waals surface area contributed by atoms with Crippen LogP contribution >= 0.6 is 0 Å². The van der Waals surface area contributed by atoms with Gasteiger partial charge in [0.15, 0.2) is 5.66 Å². The summed E-state index contributed by atoms with van der Waals surface area (Å²) in [6.07, 6.45) is 0.640. The van der Waals surface area contributed by atoms with E-state index in [1.807, 2.05) is 30.3 Å². The molecular formula is C9H9N4. The molecule has 0 fully saturated rings. The van der Waals surface area contributed by atoms with Gasteiger partial charge in [0.2, 0.25) is 0 Å². The van der Waals surface area contributed by atoms with E-state index in [-0.39, 0.29) is 0 Å². The van der Waals surface area contributed by atoms with Crippen molar-refractivity contribution in [3.05, 3.63) is 42.8 Å². The number of hydrogen-bond acceptors (Lipinski definition) is 4. The number of nitrogens with zero attached hydrogens (tertiary/aromatic N) is 4. The van der Waals surface area contributed by atoms with Crippen molar-refractivity contribution < 1.29 is 0 Å². The van der Waals surface area contributed by atoms with Gasteiger partial charge in [-0.15, -0.1) is 10.2 Å². The molecule has 0 aliphatic carbocycles. The molecule has 0 bridgehead atoms. The highest BCUT2D eigenvalue weighted by Gasteiger charge is 2.26. The maximum Gasteiger partial charge on any atom is 0.199 e. The van der Waals surface area contributed by atoms with Gasteiger partial charge in [-0.05, 0) is 16.0 Å². The fourth-order valence-corrected chi connectivity index (χ4v) is 1.22. The van der Waals surface area contributed by atoms with Crippen molar-refractivity contribution in [3.63, 3.8) is 0 Å². The van der Waals surface area contributed by atoms with E-state index in [1.165, 1.54) is 0 Å². The van der Waals surface area contributed by atoms with Crippen LogP contribution in [0.1, 0.15) is 5.56 Å². The molecule has 1 aromatic rings. The molecule has 0 N–H and O–H groups in total. The van der Waals surface area contributed by atoms with Gasteiger partial charge in [-0.2, -0.15) is 0 Å². The van der Waals surface area contributed by atoms with E-state index in [0.29, 0.717) is 6.42 Å². The molecule has 1 aliphatic rings. The first-order valence-corrected chi connectivity index (χ1v) is 4.02. The summed E-state index contributed by atoms with van der Waals surface area (Å²) in [5.74, 6) is 0. The van der Waals surface area contributed by atoms with Crippen molar-refractivity contribution in [1.82, 2.24) is 0 Å². The minimum atomic E-state index is -0.735. The van der Waals surface area contributed by atoms with Crippen LogP contribution in [0, 0.1) is 6.92 Å². The molecule has 0 saturated heterocycles. The standard InChI is InChI=1S/C9H9N4/c1-9(10-12-13-11-9)7-8-5-3-2-4-6-8/h2-6H,1,7H2. The summed E-state index contributed by atoms with van der Waals surface area (Å²) < 4.78 is 0. The number of hydrogen-bond donors (Lipinski definition) is 0. The molecule has 0 aromatic heterocycles. The Labute approximate surface area is 76.4 Å². The lowest BCUT2D eigenvalue weighted by Gasteiger charge is -2.12. The van der Waals surface area contributed by atoms with Crippen LogP contribution in [0.4, 0.5) is 0 Å². The van der Waals surface area contributed by atoms with Crippen molar-refractivity contribution in [2.75, 3.05) is 0 Å². The highest BCUT2D eigenvalue weighted by atomic mass is 15.6. The van der Waals surface area contributed by atoms with Crippen molar-refractivity contribution in [1.29, 1.82) is 0 Å². The minimum Gasteiger partial charge on any atom is -0.134 e. The van der Waals surface area contributed by atoms with Crippen LogP contribution in [-0.4, -0.2) is 5.66 Å². The van der Waals surface area contributed by atoms with Gasteiger partial charge < -0.3 is 0 Å². The van der Waals surface area contributed by atoms with Crippen LogP contribution < -0.4 is 0 Å². The maximum atomic E-state index is 3.84. The Hall–Kier alpha value is -1.58. The first-order valence-electron chi connectivity index (χ1n) is 4.02. The van der Waals surface area contributed by atoms with Crippen molar-refractivity contribution in [2.24, 2.45) is 20.7 Å². The van der Waals surface area contributed by atoms with Gasteiger partial charge in [0.05, 0.1) is 0 Å². The summed E-state index contributed by atoms with van der Waals surface area (Å²) in [6.45, 7) is 3.84. The Morgan fingerprint density at radius 1 is 1.08 bits per heavy atom. The van der Waals surface area contributed by atoms with Gasteiger partial charge in [-0.3, -0.25) is 0 Å². The van der Waals surface area contributed by atoms with E-state index in [0.717, 1.165) is 5.56 Å². The van der Waals surface area contributed by atoms with Crippen molar-refractivity contribution in [2.45, 2.75) is 12.1 Å². The summed E-state index contributed by atoms with van der Waals surface area (Å²) in [5.41, 5.74) is 0.402. The highest BCUT2D eigenvalue weighted by Crippen LogP contribution is 2.23. The Bertz CT molecular complexity index is 330. The van der Waals surface area contributed by atoms with Gasteiger partial charge in [-0.1, -0.05) is 30.3 Å². The molecule has 1 aromatic carbocycles. The van der Waals surface area contributed by atoms with E-state index in [1.54, 1.807) is 0 Å². The van der Waals surface area contributed by atoms with Crippen molar-refractivity contribution in [3.8, 4) is 0 Å². The molecule has 0 atom stereocenters. The third kappa shape index (κ3) is 1.77. The molecule has 1 radical (unpaired) electrons. The normalized spacial score (nSPS) is 17.9. The summed E-state index contributed by atoms with van der Waals surface area (Å²) in [7, 11) is 0. The lowest BCUT2D eigenvalue weighted by molar-refractivity contribution is 0.543. The molecular weight excluding hydrogens is 164 g/mol. The van der Waals surface area contributed by atoms with Gasteiger partial charge in [0.1, 0.15) is 0 Å². The van der Waals surface area contributed by atoms with E-state index in [4.69, 9.17) is 0 Å². The van der Waals surface area contributed by atoms with Crippen LogP contribution in [-0.2, 0) is 6.42 Å². The Morgan fingerprint density at radius 2 is 1.69 bits per heavy atom. The van der Waals surface area contributed by atoms with E-state index in [9.17, 15) is 0 Å². The Balaban J connectivity index is 2.15. The number of rotatable bonds is 2. The second kappa shape index (κ2) is 3.05. The first kappa shape index (κ1) is 8.04. The fraction of sp³-hybridized carbons (Fsp3) is 0.222. The predicted octanol–water partition coefficient (Wildman–Crippen LogP) is 2.59. The highest BCUT2D eigenvalue weighted by molar-refractivity contribution is 5.18. The third-order valence-corrected chi connectivity index (χ3v) is 1.83. The molecule has 0 amide bonds. The smallest absolute Gasteiger partial charge is 0.134 e. The van der Waals surface area contributed by atoms with Crippen molar-refractivity contribution >= 4 is 0 Å². The molecule has 4 nitrogen and oxygen atoms in total. The van der Waals surface area contributed by atoms with Crippen LogP contribution in [0.3, 0.4) is 0 Å². The zero-order chi connectivity index (χ0) is 9.15. The van der Waals surface area contributed by atoms with Gasteiger partial charge >= 0.3 is 0 Å². The van der Waals surface area contributed by atoms with Gasteiger partial charge in [0, 0.05) is 13.3 Å². The Morgan fingerprint density at radius 3 is 2.31 bits per heavy atom. The number of benzene rings is 1. The van der Waals surface area contributed by atoms with E-state index < -0.39 is 5.66 Å². The summed E-state index contributed by atoms with van der Waals surface area (Å²) in [5, 5.41) is 14.6. The fourth-order valence-electron chi connectivity index (χ4n) is 1.22. The van der Waals surface area contributed by atoms with Crippen LogP contribution in [0.5, 0.6) is 0 Å². The Kier molecular flexibility index (Phi) is 1.88. The molecule has 1 aliphatic heterocycles. The van der Waals surface area contributed by atoms with E-state index >= 15 is 0 Å². The zero-order valence-electron chi connectivity index (χ0n) is 7.09. The van der Waals surface area contributed by atoms with Crippen LogP contribution in [0.15, 0.2) is 51.0 Å². The molecule has 4 heteroatoms. The lowest BCUT2D eigenvalue weighted by Crippen LogP contribution is -2.19. The second-order valence-corrected chi connectivity index (χ2v) is 3.02. The molecule has 0 saturated carbocycles. The minimum absolute atomic E-state index is 0.640. The zero-order valence-corrected chi connectivity index (χ0v) is 7.09. The second-order valence-electron chi connectivity index (χ2n) is 3.02.